The van der Waals surface area contributed by atoms with Gasteiger partial charge in [0.15, 0.2) is 5.78 Å². The average molecular weight is 416 g/mol. The van der Waals surface area contributed by atoms with E-state index in [4.69, 9.17) is 33.4 Å². The van der Waals surface area contributed by atoms with Gasteiger partial charge in [-0.1, -0.05) is 35.3 Å². The number of sulfonamides is 1. The minimum atomic E-state index is -4.03. The number of aliphatic hydroxyl groups excluding tert-OH is 1. The third kappa shape index (κ3) is 4.98. The number of hydrogen-bond donors (Lipinski definition) is 3. The van der Waals surface area contributed by atoms with E-state index in [1.165, 1.54) is 42.5 Å². The molecule has 0 spiro atoms. The third-order valence-corrected chi connectivity index (χ3v) is 4.83. The number of carboxylic acid groups (broad SMARTS) is 1. The summed E-state index contributed by atoms with van der Waals surface area (Å²) in [4.78, 5) is 22.3. The molecule has 0 bridgehead atoms. The van der Waals surface area contributed by atoms with Crippen LogP contribution in [0.2, 0.25) is 10.0 Å². The fraction of sp³-hybridized carbons (Fsp3) is 0. The van der Waals surface area contributed by atoms with Gasteiger partial charge in [0, 0.05) is 27.4 Å². The predicted molar refractivity (Wildman–Crippen MR) is 96.4 cm³/mol. The maximum atomic E-state index is 12.4. The zero-order valence-electron chi connectivity index (χ0n) is 12.8. The van der Waals surface area contributed by atoms with Crippen LogP contribution in [0.5, 0.6) is 0 Å². The van der Waals surface area contributed by atoms with Gasteiger partial charge in [-0.25, -0.2) is 13.2 Å². The molecule has 0 heterocycles. The van der Waals surface area contributed by atoms with E-state index in [1.54, 1.807) is 0 Å². The number of halogens is 2. The topological polar surface area (TPSA) is 121 Å². The number of carbonyl (C=O) groups excluding carboxylic acids is 1. The molecule has 0 aliphatic rings. The van der Waals surface area contributed by atoms with Crippen molar-refractivity contribution in [1.29, 1.82) is 0 Å². The summed E-state index contributed by atoms with van der Waals surface area (Å²) >= 11 is 11.6. The number of hydrogen-bond acceptors (Lipinski definition) is 5. The van der Waals surface area contributed by atoms with Gasteiger partial charge in [-0.15, -0.1) is 0 Å². The Morgan fingerprint density at radius 1 is 1.00 bits per heavy atom. The Hall–Kier alpha value is -2.55. The molecular weight excluding hydrogens is 405 g/mol. The van der Waals surface area contributed by atoms with Crippen molar-refractivity contribution in [3.63, 3.8) is 0 Å². The number of carboxylic acids is 1. The first-order chi connectivity index (χ1) is 12.1. The Morgan fingerprint density at radius 2 is 1.62 bits per heavy atom. The second-order valence-electron chi connectivity index (χ2n) is 4.99. The van der Waals surface area contributed by atoms with Crippen LogP contribution in [0.3, 0.4) is 0 Å². The van der Waals surface area contributed by atoms with Crippen LogP contribution in [0.25, 0.3) is 0 Å². The molecule has 0 saturated heterocycles. The van der Waals surface area contributed by atoms with Crippen molar-refractivity contribution in [2.75, 3.05) is 4.72 Å². The molecule has 26 heavy (non-hydrogen) atoms. The zero-order valence-corrected chi connectivity index (χ0v) is 15.1. The number of ketones is 1. The molecule has 0 aliphatic carbocycles. The van der Waals surface area contributed by atoms with Gasteiger partial charge in [-0.2, -0.15) is 0 Å². The summed E-state index contributed by atoms with van der Waals surface area (Å²) in [6.07, 6.45) is 0.521. The van der Waals surface area contributed by atoms with Crippen molar-refractivity contribution in [3.8, 4) is 0 Å². The van der Waals surface area contributed by atoms with Gasteiger partial charge >= 0.3 is 5.97 Å². The first kappa shape index (κ1) is 19.8. The molecular formula is C16H11Cl2NO6S. The molecule has 0 atom stereocenters. The predicted octanol–water partition coefficient (Wildman–Crippen LogP) is 3.50. The average Bonchev–Trinajstić information content (AvgIpc) is 2.53. The number of rotatable bonds is 6. The number of benzene rings is 2. The normalized spacial score (nSPS) is 11.8. The van der Waals surface area contributed by atoms with Gasteiger partial charge in [-0.05, 0) is 30.3 Å². The van der Waals surface area contributed by atoms with Crippen molar-refractivity contribution in [3.05, 3.63) is 69.9 Å². The van der Waals surface area contributed by atoms with E-state index in [1.807, 2.05) is 0 Å². The van der Waals surface area contributed by atoms with E-state index >= 15 is 0 Å². The Balaban J connectivity index is 2.32. The summed E-state index contributed by atoms with van der Waals surface area (Å²) in [5.41, 5.74) is 0.0253. The number of carbonyl (C=O) groups is 2. The lowest BCUT2D eigenvalue weighted by atomic mass is 10.1. The summed E-state index contributed by atoms with van der Waals surface area (Å²) in [6, 6.07) is 9.10. The summed E-state index contributed by atoms with van der Waals surface area (Å²) in [5, 5.41) is 18.0. The number of nitrogens with one attached hydrogen (secondary N) is 1. The second-order valence-corrected chi connectivity index (χ2v) is 7.55. The van der Waals surface area contributed by atoms with Gasteiger partial charge in [0.1, 0.15) is 0 Å². The Labute approximate surface area is 158 Å². The van der Waals surface area contributed by atoms with Crippen molar-refractivity contribution in [1.82, 2.24) is 0 Å². The van der Waals surface area contributed by atoms with Crippen LogP contribution < -0.4 is 4.72 Å². The van der Waals surface area contributed by atoms with E-state index < -0.39 is 27.5 Å². The van der Waals surface area contributed by atoms with Crippen LogP contribution in [0.4, 0.5) is 5.69 Å². The third-order valence-electron chi connectivity index (χ3n) is 3.03. The van der Waals surface area contributed by atoms with Crippen LogP contribution in [-0.4, -0.2) is 30.4 Å². The summed E-state index contributed by atoms with van der Waals surface area (Å²) < 4.78 is 27.1. The summed E-state index contributed by atoms with van der Waals surface area (Å²) in [5.74, 6) is -3.60. The second kappa shape index (κ2) is 7.77. The quantitative estimate of drug-likeness (QED) is 0.377. The highest BCUT2D eigenvalue weighted by Gasteiger charge is 2.17. The molecule has 0 radical (unpaired) electrons. The molecule has 3 N–H and O–H groups in total. The fourth-order valence-electron chi connectivity index (χ4n) is 1.90. The molecule has 0 unspecified atom stereocenters. The highest BCUT2D eigenvalue weighted by molar-refractivity contribution is 7.92. The van der Waals surface area contributed by atoms with Gasteiger partial charge < -0.3 is 10.2 Å². The first-order valence-corrected chi connectivity index (χ1v) is 9.09. The maximum absolute atomic E-state index is 12.4. The molecule has 0 saturated carbocycles. The highest BCUT2D eigenvalue weighted by atomic mass is 35.5. The lowest BCUT2D eigenvalue weighted by molar-refractivity contribution is -0.135. The van der Waals surface area contributed by atoms with Gasteiger partial charge in [0.25, 0.3) is 10.0 Å². The molecule has 0 aromatic heterocycles. The van der Waals surface area contributed by atoms with Crippen LogP contribution in [0, 0.1) is 0 Å². The van der Waals surface area contributed by atoms with E-state index in [0.29, 0.717) is 6.08 Å². The Bertz CT molecular complexity index is 997. The summed E-state index contributed by atoms with van der Waals surface area (Å²) in [6.45, 7) is 0. The highest BCUT2D eigenvalue weighted by Crippen LogP contribution is 2.24. The van der Waals surface area contributed by atoms with Gasteiger partial charge in [0.05, 0.1) is 4.90 Å². The number of anilines is 1. The minimum absolute atomic E-state index is 0.0258. The standard InChI is InChI=1S/C16H11Cl2NO6S/c17-10-5-11(18)7-13(6-10)26(24,25)19-12-3-1-2-9(4-12)14(20)8-15(21)16(22)23/h1-8,19,21H,(H,22,23)/b15-8-. The van der Waals surface area contributed by atoms with Crippen LogP contribution in [0.15, 0.2) is 59.2 Å². The minimum Gasteiger partial charge on any atom is -0.502 e. The van der Waals surface area contributed by atoms with Crippen molar-refractivity contribution >= 4 is 50.7 Å². The summed E-state index contributed by atoms with van der Waals surface area (Å²) in [7, 11) is -4.03. The molecule has 10 heteroatoms. The molecule has 0 aliphatic heterocycles. The Kier molecular flexibility index (Phi) is 5.91. The molecule has 2 aromatic carbocycles. The monoisotopic (exact) mass is 415 g/mol. The molecule has 0 fully saturated rings. The van der Waals surface area contributed by atoms with Crippen LogP contribution in [-0.2, 0) is 14.8 Å². The maximum Gasteiger partial charge on any atom is 0.371 e. The number of aliphatic hydroxyl groups is 1. The Morgan fingerprint density at radius 3 is 2.19 bits per heavy atom. The number of allylic oxidation sites excluding steroid dienone is 1. The van der Waals surface area contributed by atoms with E-state index in [-0.39, 0.29) is 26.2 Å². The number of aliphatic carboxylic acids is 1. The fourth-order valence-corrected chi connectivity index (χ4v) is 3.68. The van der Waals surface area contributed by atoms with Crippen LogP contribution >= 0.6 is 23.2 Å². The largest absolute Gasteiger partial charge is 0.502 e. The van der Waals surface area contributed by atoms with Crippen molar-refractivity contribution < 1.29 is 28.2 Å². The van der Waals surface area contributed by atoms with E-state index in [0.717, 1.165) is 0 Å². The SMILES string of the molecule is O=C(O)/C(O)=C/C(=O)c1cccc(NS(=O)(=O)c2cc(Cl)cc(Cl)c2)c1. The molecule has 2 aromatic rings. The van der Waals surface area contributed by atoms with E-state index in [2.05, 4.69) is 4.72 Å². The smallest absolute Gasteiger partial charge is 0.371 e. The van der Waals surface area contributed by atoms with Gasteiger partial charge in [0.2, 0.25) is 5.76 Å². The molecule has 0 amide bonds. The molecule has 2 rings (SSSR count). The van der Waals surface area contributed by atoms with Crippen molar-refractivity contribution in [2.24, 2.45) is 0 Å². The van der Waals surface area contributed by atoms with Gasteiger partial charge in [-0.3, -0.25) is 9.52 Å². The lowest BCUT2D eigenvalue weighted by Crippen LogP contribution is -2.13. The lowest BCUT2D eigenvalue weighted by Gasteiger charge is -2.09. The van der Waals surface area contributed by atoms with E-state index in [9.17, 15) is 18.0 Å². The van der Waals surface area contributed by atoms with Crippen molar-refractivity contribution in [2.45, 2.75) is 4.90 Å². The molecule has 7 nitrogen and oxygen atoms in total. The first-order valence-electron chi connectivity index (χ1n) is 6.86. The van der Waals surface area contributed by atoms with Crippen LogP contribution in [0.1, 0.15) is 10.4 Å². The zero-order chi connectivity index (χ0) is 19.5. The molecule has 136 valence electrons.